The van der Waals surface area contributed by atoms with Crippen LogP contribution >= 0.6 is 0 Å². The van der Waals surface area contributed by atoms with E-state index in [0.717, 1.165) is 12.1 Å². The number of anilines is 2. The second-order valence-corrected chi connectivity index (χ2v) is 6.41. The number of nitrogens with one attached hydrogen (secondary N) is 2. The number of hydrogen-bond donors (Lipinski definition) is 2. The lowest BCUT2D eigenvalue weighted by Crippen LogP contribution is -2.32. The second kappa shape index (κ2) is 9.00. The molecule has 1 fully saturated rings. The van der Waals surface area contributed by atoms with Gasteiger partial charge in [0, 0.05) is 30.3 Å². The molecule has 2 aromatic rings. The third kappa shape index (κ3) is 5.41. The number of aryl methyl sites for hydroxylation is 1. The van der Waals surface area contributed by atoms with Gasteiger partial charge in [0.15, 0.2) is 12.4 Å². The van der Waals surface area contributed by atoms with Crippen molar-refractivity contribution in [1.29, 1.82) is 0 Å². The molecule has 0 atom stereocenters. The molecule has 0 unspecified atom stereocenters. The third-order valence-electron chi connectivity index (χ3n) is 4.17. The van der Waals surface area contributed by atoms with Crippen LogP contribution in [0.4, 0.5) is 11.5 Å². The molecule has 10 heteroatoms. The van der Waals surface area contributed by atoms with Gasteiger partial charge < -0.3 is 24.8 Å². The summed E-state index contributed by atoms with van der Waals surface area (Å²) < 4.78 is 9.60. The molecular weight excluding hydrogens is 380 g/mol. The van der Waals surface area contributed by atoms with Gasteiger partial charge in [0.2, 0.25) is 5.91 Å². The summed E-state index contributed by atoms with van der Waals surface area (Å²) in [6.45, 7) is 1.44. The van der Waals surface area contributed by atoms with E-state index in [9.17, 15) is 19.2 Å². The van der Waals surface area contributed by atoms with Crippen molar-refractivity contribution < 1.29 is 28.4 Å². The Hall–Kier alpha value is -3.69. The molecule has 0 aliphatic carbocycles. The molecular formula is C19H20N4O6. The fraction of sp³-hybridized carbons (Fsp3) is 0.316. The Bertz CT molecular complexity index is 921. The van der Waals surface area contributed by atoms with Crippen LogP contribution in [0.5, 0.6) is 0 Å². The molecule has 29 heavy (non-hydrogen) atoms. The number of hydrogen-bond acceptors (Lipinski definition) is 7. The second-order valence-electron chi connectivity index (χ2n) is 6.41. The maximum Gasteiger partial charge on any atom is 0.325 e. The van der Waals surface area contributed by atoms with Crippen LogP contribution in [0.15, 0.2) is 34.9 Å². The lowest BCUT2D eigenvalue weighted by atomic mass is 10.2. The molecule has 1 aliphatic heterocycles. The Balaban J connectivity index is 1.40. The predicted octanol–water partition coefficient (Wildman–Crippen LogP) is 1.02. The monoisotopic (exact) mass is 400 g/mol. The number of rotatable bonds is 7. The number of carbonyl (C=O) groups excluding carboxylic acids is 4. The zero-order valence-electron chi connectivity index (χ0n) is 15.8. The van der Waals surface area contributed by atoms with Gasteiger partial charge >= 0.3 is 5.97 Å². The van der Waals surface area contributed by atoms with Crippen molar-refractivity contribution in [2.24, 2.45) is 0 Å². The minimum atomic E-state index is -0.760. The first-order valence-corrected chi connectivity index (χ1v) is 9.00. The summed E-state index contributed by atoms with van der Waals surface area (Å²) >= 11 is 0. The zero-order valence-corrected chi connectivity index (χ0v) is 15.8. The summed E-state index contributed by atoms with van der Waals surface area (Å²) in [5.41, 5.74) is 1.07. The van der Waals surface area contributed by atoms with Crippen molar-refractivity contribution >= 4 is 35.2 Å². The van der Waals surface area contributed by atoms with Crippen molar-refractivity contribution in [2.75, 3.05) is 29.9 Å². The highest BCUT2D eigenvalue weighted by Crippen LogP contribution is 2.21. The van der Waals surface area contributed by atoms with Crippen LogP contribution in [0.1, 0.15) is 29.0 Å². The number of ether oxygens (including phenoxy) is 1. The average Bonchev–Trinajstić information content (AvgIpc) is 3.32. The Kier molecular flexibility index (Phi) is 6.22. The van der Waals surface area contributed by atoms with E-state index in [-0.39, 0.29) is 18.3 Å². The standard InChI is InChI=1S/C19H20N4O6/c1-12-9-15(22-29-12)21-16(24)11-28-18(26)10-20-19(27)13-4-6-14(7-5-13)23-8-2-3-17(23)25/h4-7,9H,2-3,8,10-11H2,1H3,(H,20,27)(H,21,22,24). The molecule has 10 nitrogen and oxygen atoms in total. The largest absolute Gasteiger partial charge is 0.454 e. The van der Waals surface area contributed by atoms with Crippen LogP contribution in [0.3, 0.4) is 0 Å². The van der Waals surface area contributed by atoms with Crippen LogP contribution in [-0.2, 0) is 19.1 Å². The molecule has 1 aromatic carbocycles. The van der Waals surface area contributed by atoms with E-state index in [1.165, 1.54) is 6.07 Å². The third-order valence-corrected chi connectivity index (χ3v) is 4.17. The average molecular weight is 400 g/mol. The van der Waals surface area contributed by atoms with Crippen molar-refractivity contribution in [2.45, 2.75) is 19.8 Å². The Labute approximate surface area is 166 Å². The molecule has 2 heterocycles. The normalized spacial score (nSPS) is 13.3. The molecule has 0 spiro atoms. The van der Waals surface area contributed by atoms with Crippen molar-refractivity contribution in [3.8, 4) is 0 Å². The lowest BCUT2D eigenvalue weighted by molar-refractivity contribution is -0.146. The number of amides is 3. The van der Waals surface area contributed by atoms with Gasteiger partial charge in [-0.2, -0.15) is 0 Å². The Morgan fingerprint density at radius 1 is 1.24 bits per heavy atom. The van der Waals surface area contributed by atoms with Gasteiger partial charge in [-0.05, 0) is 37.6 Å². The number of nitrogens with zero attached hydrogens (tertiary/aromatic N) is 2. The molecule has 0 bridgehead atoms. The van der Waals surface area contributed by atoms with Gasteiger partial charge in [-0.25, -0.2) is 0 Å². The molecule has 1 aromatic heterocycles. The van der Waals surface area contributed by atoms with E-state index in [0.29, 0.717) is 24.3 Å². The van der Waals surface area contributed by atoms with Crippen LogP contribution in [0, 0.1) is 6.92 Å². The number of aromatic nitrogens is 1. The highest BCUT2D eigenvalue weighted by molar-refractivity contribution is 5.98. The highest BCUT2D eigenvalue weighted by Gasteiger charge is 2.21. The van der Waals surface area contributed by atoms with E-state index in [4.69, 9.17) is 9.26 Å². The lowest BCUT2D eigenvalue weighted by Gasteiger charge is -2.15. The first-order valence-electron chi connectivity index (χ1n) is 9.00. The summed E-state index contributed by atoms with van der Waals surface area (Å²) in [4.78, 5) is 48.9. The predicted molar refractivity (Wildman–Crippen MR) is 101 cm³/mol. The van der Waals surface area contributed by atoms with E-state index in [1.807, 2.05) is 0 Å². The van der Waals surface area contributed by atoms with Crippen molar-refractivity contribution in [3.05, 3.63) is 41.7 Å². The van der Waals surface area contributed by atoms with Crippen LogP contribution in [0.2, 0.25) is 0 Å². The first kappa shape index (κ1) is 20.1. The molecule has 3 amide bonds. The van der Waals surface area contributed by atoms with Gasteiger partial charge in [0.25, 0.3) is 11.8 Å². The first-order chi connectivity index (χ1) is 13.9. The molecule has 1 saturated heterocycles. The minimum absolute atomic E-state index is 0.0627. The Morgan fingerprint density at radius 3 is 2.62 bits per heavy atom. The van der Waals surface area contributed by atoms with Crippen LogP contribution < -0.4 is 15.5 Å². The van der Waals surface area contributed by atoms with Gasteiger partial charge in [0.05, 0.1) is 0 Å². The molecule has 1 aliphatic rings. The molecule has 0 saturated carbocycles. The summed E-state index contributed by atoms with van der Waals surface area (Å²) in [5, 5.41) is 8.41. The number of carbonyl (C=O) groups is 4. The quantitative estimate of drug-likeness (QED) is 0.664. The number of benzene rings is 1. The zero-order chi connectivity index (χ0) is 20.8. The molecule has 3 rings (SSSR count). The van der Waals surface area contributed by atoms with E-state index < -0.39 is 24.4 Å². The summed E-state index contributed by atoms with van der Waals surface area (Å²) in [5.74, 6) is -0.999. The van der Waals surface area contributed by atoms with Gasteiger partial charge in [-0.1, -0.05) is 5.16 Å². The molecule has 2 N–H and O–H groups in total. The number of esters is 1. The Morgan fingerprint density at radius 2 is 2.00 bits per heavy atom. The smallest absolute Gasteiger partial charge is 0.325 e. The fourth-order valence-corrected chi connectivity index (χ4v) is 2.77. The van der Waals surface area contributed by atoms with Crippen molar-refractivity contribution in [3.63, 3.8) is 0 Å². The van der Waals surface area contributed by atoms with Gasteiger partial charge in [-0.3, -0.25) is 19.2 Å². The summed E-state index contributed by atoms with van der Waals surface area (Å²) in [7, 11) is 0. The molecule has 152 valence electrons. The summed E-state index contributed by atoms with van der Waals surface area (Å²) in [6.07, 6.45) is 1.35. The SMILES string of the molecule is Cc1cc(NC(=O)COC(=O)CNC(=O)c2ccc(N3CCCC3=O)cc2)no1. The summed E-state index contributed by atoms with van der Waals surface area (Å²) in [6, 6.07) is 8.05. The maximum atomic E-state index is 12.1. The highest BCUT2D eigenvalue weighted by atomic mass is 16.5. The van der Waals surface area contributed by atoms with Crippen molar-refractivity contribution in [1.82, 2.24) is 10.5 Å². The van der Waals surface area contributed by atoms with E-state index in [1.54, 1.807) is 36.1 Å². The van der Waals surface area contributed by atoms with Crippen LogP contribution in [0.25, 0.3) is 0 Å². The topological polar surface area (TPSA) is 131 Å². The van der Waals surface area contributed by atoms with E-state index >= 15 is 0 Å². The minimum Gasteiger partial charge on any atom is -0.454 e. The fourth-order valence-electron chi connectivity index (χ4n) is 2.77. The van der Waals surface area contributed by atoms with Gasteiger partial charge in [-0.15, -0.1) is 0 Å². The van der Waals surface area contributed by atoms with Gasteiger partial charge in [0.1, 0.15) is 12.3 Å². The molecule has 0 radical (unpaired) electrons. The van der Waals surface area contributed by atoms with E-state index in [2.05, 4.69) is 15.8 Å². The maximum absolute atomic E-state index is 12.1. The van der Waals surface area contributed by atoms with Crippen LogP contribution in [-0.4, -0.2) is 48.5 Å².